The fourth-order valence-electron chi connectivity index (χ4n) is 2.72. The van der Waals surface area contributed by atoms with Gasteiger partial charge in [0.25, 0.3) is 0 Å². The number of benzene rings is 1. The normalized spacial score (nSPS) is 11.9. The number of anilines is 1. The maximum Gasteiger partial charge on any atom is 0.336 e. The summed E-state index contributed by atoms with van der Waals surface area (Å²) >= 11 is 0. The second-order valence-corrected chi connectivity index (χ2v) is 6.68. The van der Waals surface area contributed by atoms with Gasteiger partial charge in [-0.25, -0.2) is 4.79 Å². The number of fused-ring (bicyclic) bond motifs is 1. The molecular weight excluding hydrogens is 262 g/mol. The first kappa shape index (κ1) is 15.6. The van der Waals surface area contributed by atoms with E-state index in [1.807, 2.05) is 6.07 Å². The molecule has 0 aliphatic heterocycles. The molecule has 0 fully saturated rings. The molecular formula is C18H25NO2. The second kappa shape index (κ2) is 5.92. The molecule has 0 saturated carbocycles. The third kappa shape index (κ3) is 3.66. The quantitative estimate of drug-likeness (QED) is 0.789. The van der Waals surface area contributed by atoms with Crippen molar-refractivity contribution in [3.63, 3.8) is 0 Å². The lowest BCUT2D eigenvalue weighted by Crippen LogP contribution is -2.21. The van der Waals surface area contributed by atoms with E-state index in [-0.39, 0.29) is 11.0 Å². The summed E-state index contributed by atoms with van der Waals surface area (Å²) in [7, 11) is 0. The van der Waals surface area contributed by atoms with Crippen LogP contribution in [0.4, 0.5) is 5.69 Å². The molecule has 21 heavy (non-hydrogen) atoms. The molecule has 0 radical (unpaired) electrons. The number of hydrogen-bond donors (Lipinski definition) is 0. The van der Waals surface area contributed by atoms with Crippen LogP contribution in [-0.4, -0.2) is 13.1 Å². The van der Waals surface area contributed by atoms with Crippen LogP contribution in [0.3, 0.4) is 0 Å². The van der Waals surface area contributed by atoms with Crippen LogP contribution >= 0.6 is 0 Å². The van der Waals surface area contributed by atoms with Gasteiger partial charge in [0.1, 0.15) is 5.58 Å². The molecule has 2 aromatic rings. The molecule has 0 aliphatic rings. The Morgan fingerprint density at radius 2 is 1.76 bits per heavy atom. The van der Waals surface area contributed by atoms with Gasteiger partial charge in [-0.15, -0.1) is 0 Å². The average Bonchev–Trinajstić information content (AvgIpc) is 2.37. The Labute approximate surface area is 126 Å². The van der Waals surface area contributed by atoms with Crippen LogP contribution in [0.25, 0.3) is 11.0 Å². The van der Waals surface area contributed by atoms with Gasteiger partial charge in [0.2, 0.25) is 0 Å². The van der Waals surface area contributed by atoms with Crippen molar-refractivity contribution in [2.24, 2.45) is 5.41 Å². The maximum atomic E-state index is 11.8. The van der Waals surface area contributed by atoms with Crippen molar-refractivity contribution < 1.29 is 4.42 Å². The third-order valence-electron chi connectivity index (χ3n) is 3.66. The van der Waals surface area contributed by atoms with E-state index in [0.717, 1.165) is 36.1 Å². The fourth-order valence-corrected chi connectivity index (χ4v) is 2.72. The van der Waals surface area contributed by atoms with E-state index in [1.165, 1.54) is 0 Å². The summed E-state index contributed by atoms with van der Waals surface area (Å²) in [6.45, 7) is 12.7. The van der Waals surface area contributed by atoms with Gasteiger partial charge < -0.3 is 9.32 Å². The molecule has 0 saturated heterocycles. The zero-order valence-electron chi connectivity index (χ0n) is 13.7. The van der Waals surface area contributed by atoms with E-state index < -0.39 is 0 Å². The van der Waals surface area contributed by atoms with Crippen LogP contribution in [0.5, 0.6) is 0 Å². The lowest BCUT2D eigenvalue weighted by molar-refractivity contribution is 0.411. The SMILES string of the molecule is CCN(CC)c1ccc2c(CC(C)(C)C)cc(=O)oc2c1. The van der Waals surface area contributed by atoms with Gasteiger partial charge >= 0.3 is 5.63 Å². The Bertz CT molecular complexity index is 676. The maximum absolute atomic E-state index is 11.8. The lowest BCUT2D eigenvalue weighted by atomic mass is 9.87. The first-order valence-corrected chi connectivity index (χ1v) is 7.66. The largest absolute Gasteiger partial charge is 0.423 e. The van der Waals surface area contributed by atoms with Crippen molar-refractivity contribution in [3.8, 4) is 0 Å². The van der Waals surface area contributed by atoms with Crippen molar-refractivity contribution in [2.75, 3.05) is 18.0 Å². The molecule has 3 nitrogen and oxygen atoms in total. The van der Waals surface area contributed by atoms with Gasteiger partial charge in [-0.05, 0) is 43.4 Å². The zero-order valence-corrected chi connectivity index (χ0v) is 13.7. The second-order valence-electron chi connectivity index (χ2n) is 6.68. The minimum absolute atomic E-state index is 0.137. The summed E-state index contributed by atoms with van der Waals surface area (Å²) in [6.07, 6.45) is 0.861. The molecule has 1 heterocycles. The van der Waals surface area contributed by atoms with Crippen molar-refractivity contribution in [3.05, 3.63) is 40.2 Å². The van der Waals surface area contributed by atoms with Crippen LogP contribution in [0.1, 0.15) is 40.2 Å². The molecule has 0 atom stereocenters. The topological polar surface area (TPSA) is 33.5 Å². The molecule has 0 unspecified atom stereocenters. The zero-order chi connectivity index (χ0) is 15.6. The molecule has 0 N–H and O–H groups in total. The van der Waals surface area contributed by atoms with Gasteiger partial charge in [0.05, 0.1) is 0 Å². The van der Waals surface area contributed by atoms with Crippen molar-refractivity contribution in [1.29, 1.82) is 0 Å². The van der Waals surface area contributed by atoms with Gasteiger partial charge in [-0.1, -0.05) is 20.8 Å². The molecule has 0 amide bonds. The predicted octanol–water partition coefficient (Wildman–Crippen LogP) is 4.23. The Kier molecular flexibility index (Phi) is 4.40. The van der Waals surface area contributed by atoms with E-state index >= 15 is 0 Å². The van der Waals surface area contributed by atoms with E-state index in [2.05, 4.69) is 51.7 Å². The summed E-state index contributed by atoms with van der Waals surface area (Å²) in [4.78, 5) is 14.1. The molecule has 3 heteroatoms. The number of rotatable bonds is 4. The molecule has 114 valence electrons. The predicted molar refractivity (Wildman–Crippen MR) is 89.2 cm³/mol. The Morgan fingerprint density at radius 1 is 1.10 bits per heavy atom. The standard InChI is InChI=1S/C18H25NO2/c1-6-19(7-2)14-8-9-15-13(12-18(3,4)5)10-17(20)21-16(15)11-14/h8-11H,6-7,12H2,1-5H3. The third-order valence-corrected chi connectivity index (χ3v) is 3.66. The van der Waals surface area contributed by atoms with Gasteiger partial charge in [-0.3, -0.25) is 0 Å². The van der Waals surface area contributed by atoms with Crippen molar-refractivity contribution >= 4 is 16.7 Å². The van der Waals surface area contributed by atoms with E-state index in [9.17, 15) is 4.79 Å². The summed E-state index contributed by atoms with van der Waals surface area (Å²) in [5.74, 6) is 0. The molecule has 1 aromatic carbocycles. The molecule has 0 bridgehead atoms. The highest BCUT2D eigenvalue weighted by atomic mass is 16.4. The van der Waals surface area contributed by atoms with Crippen LogP contribution in [0, 0.1) is 5.41 Å². The van der Waals surface area contributed by atoms with Crippen LogP contribution in [0.2, 0.25) is 0 Å². The van der Waals surface area contributed by atoms with Gasteiger partial charge in [-0.2, -0.15) is 0 Å². The fraction of sp³-hybridized carbons (Fsp3) is 0.500. The smallest absolute Gasteiger partial charge is 0.336 e. The molecule has 0 spiro atoms. The van der Waals surface area contributed by atoms with E-state index in [0.29, 0.717) is 5.58 Å². The Morgan fingerprint density at radius 3 is 2.33 bits per heavy atom. The number of nitrogens with zero attached hydrogens (tertiary/aromatic N) is 1. The average molecular weight is 287 g/mol. The van der Waals surface area contributed by atoms with Gasteiger partial charge in [0.15, 0.2) is 0 Å². The molecule has 2 rings (SSSR count). The first-order chi connectivity index (χ1) is 9.84. The van der Waals surface area contributed by atoms with Crippen LogP contribution in [0.15, 0.2) is 33.5 Å². The molecule has 1 aromatic heterocycles. The summed E-state index contributed by atoms with van der Waals surface area (Å²) in [5, 5.41) is 1.04. The monoisotopic (exact) mass is 287 g/mol. The highest BCUT2D eigenvalue weighted by Gasteiger charge is 2.15. The minimum atomic E-state index is -0.265. The minimum Gasteiger partial charge on any atom is -0.423 e. The number of hydrogen-bond acceptors (Lipinski definition) is 3. The Hall–Kier alpha value is -1.77. The highest BCUT2D eigenvalue weighted by Crippen LogP contribution is 2.28. The first-order valence-electron chi connectivity index (χ1n) is 7.66. The van der Waals surface area contributed by atoms with Crippen LogP contribution < -0.4 is 10.5 Å². The summed E-state index contributed by atoms with van der Waals surface area (Å²) in [6, 6.07) is 7.80. The van der Waals surface area contributed by atoms with Crippen LogP contribution in [-0.2, 0) is 6.42 Å². The lowest BCUT2D eigenvalue weighted by Gasteiger charge is -2.22. The van der Waals surface area contributed by atoms with Crippen molar-refractivity contribution in [2.45, 2.75) is 41.0 Å². The Balaban J connectivity index is 2.56. The molecule has 0 aliphatic carbocycles. The van der Waals surface area contributed by atoms with E-state index in [1.54, 1.807) is 6.07 Å². The van der Waals surface area contributed by atoms with E-state index in [4.69, 9.17) is 4.42 Å². The summed E-state index contributed by atoms with van der Waals surface area (Å²) < 4.78 is 5.41. The highest BCUT2D eigenvalue weighted by molar-refractivity contribution is 5.83. The summed E-state index contributed by atoms with van der Waals surface area (Å²) in [5.41, 5.74) is 2.73. The van der Waals surface area contributed by atoms with Gasteiger partial charge in [0, 0.05) is 36.3 Å². The van der Waals surface area contributed by atoms with Crippen molar-refractivity contribution in [1.82, 2.24) is 0 Å².